The summed E-state index contributed by atoms with van der Waals surface area (Å²) in [5.74, 6) is -0.966. The number of ether oxygens (including phenoxy) is 1. The predicted molar refractivity (Wildman–Crippen MR) is 56.3 cm³/mol. The highest BCUT2D eigenvalue weighted by Gasteiger charge is 2.10. The Morgan fingerprint density at radius 1 is 1.50 bits per heavy atom. The average Bonchev–Trinajstić information content (AvgIpc) is 2.14. The molecule has 0 saturated carbocycles. The number of hydrogen-bond donors (Lipinski definition) is 1. The first-order chi connectivity index (χ1) is 6.57. The van der Waals surface area contributed by atoms with E-state index in [1.54, 1.807) is 13.0 Å². The number of hydrogen-bond acceptors (Lipinski definition) is 2. The van der Waals surface area contributed by atoms with Crippen molar-refractivity contribution >= 4 is 5.97 Å². The quantitative estimate of drug-likeness (QED) is 0.612. The topological polar surface area (TPSA) is 46.5 Å². The van der Waals surface area contributed by atoms with Crippen LogP contribution in [0.15, 0.2) is 12.7 Å². The smallest absolute Gasteiger partial charge is 0.306 e. The van der Waals surface area contributed by atoms with Crippen molar-refractivity contribution in [2.24, 2.45) is 5.92 Å². The summed E-state index contributed by atoms with van der Waals surface area (Å²) in [5, 5.41) is 8.64. The number of aliphatic carboxylic acids is 1. The minimum absolute atomic E-state index is 0.189. The van der Waals surface area contributed by atoms with Crippen LogP contribution in [-0.4, -0.2) is 23.8 Å². The zero-order valence-corrected chi connectivity index (χ0v) is 9.03. The number of rotatable bonds is 8. The van der Waals surface area contributed by atoms with Crippen LogP contribution in [0.3, 0.4) is 0 Å². The maximum absolute atomic E-state index is 10.5. The maximum atomic E-state index is 10.5. The van der Waals surface area contributed by atoms with Crippen LogP contribution in [0, 0.1) is 5.92 Å². The number of carboxylic acids is 1. The second-order valence-electron chi connectivity index (χ2n) is 3.60. The molecule has 0 aliphatic rings. The van der Waals surface area contributed by atoms with Gasteiger partial charge in [-0.25, -0.2) is 0 Å². The molecule has 0 aliphatic heterocycles. The van der Waals surface area contributed by atoms with Crippen molar-refractivity contribution in [1.29, 1.82) is 0 Å². The van der Waals surface area contributed by atoms with E-state index in [9.17, 15) is 4.79 Å². The molecular weight excluding hydrogens is 180 g/mol. The van der Waals surface area contributed by atoms with Gasteiger partial charge in [-0.2, -0.15) is 0 Å². The molecule has 14 heavy (non-hydrogen) atoms. The number of carbonyl (C=O) groups is 1. The van der Waals surface area contributed by atoms with Crippen molar-refractivity contribution in [2.45, 2.75) is 39.2 Å². The standard InChI is InChI=1S/C11H20O3/c1-4-8-14-10(3)7-5-6-9(2)11(12)13/h4,9-10H,1,5-8H2,2-3H3,(H,12,13). The predicted octanol–water partition coefficient (Wildman–Crippen LogP) is 2.47. The summed E-state index contributed by atoms with van der Waals surface area (Å²) in [6, 6.07) is 0. The Labute approximate surface area is 85.8 Å². The fourth-order valence-corrected chi connectivity index (χ4v) is 1.15. The lowest BCUT2D eigenvalue weighted by molar-refractivity contribution is -0.141. The molecule has 0 aromatic rings. The lowest BCUT2D eigenvalue weighted by Crippen LogP contribution is -2.12. The van der Waals surface area contributed by atoms with Crippen molar-refractivity contribution < 1.29 is 14.6 Å². The minimum Gasteiger partial charge on any atom is -0.481 e. The molecule has 2 atom stereocenters. The summed E-state index contributed by atoms with van der Waals surface area (Å²) in [5.41, 5.74) is 0. The summed E-state index contributed by atoms with van der Waals surface area (Å²) in [4.78, 5) is 10.5. The van der Waals surface area contributed by atoms with Crippen LogP contribution in [0.2, 0.25) is 0 Å². The van der Waals surface area contributed by atoms with Crippen molar-refractivity contribution in [3.63, 3.8) is 0 Å². The molecule has 0 spiro atoms. The van der Waals surface area contributed by atoms with Gasteiger partial charge in [-0.05, 0) is 19.8 Å². The summed E-state index contributed by atoms with van der Waals surface area (Å²) >= 11 is 0. The van der Waals surface area contributed by atoms with Gasteiger partial charge >= 0.3 is 5.97 Å². The molecule has 82 valence electrons. The van der Waals surface area contributed by atoms with Crippen LogP contribution < -0.4 is 0 Å². The molecule has 0 heterocycles. The summed E-state index contributed by atoms with van der Waals surface area (Å²) < 4.78 is 5.37. The third kappa shape index (κ3) is 6.66. The molecule has 1 N–H and O–H groups in total. The highest BCUT2D eigenvalue weighted by Crippen LogP contribution is 2.11. The van der Waals surface area contributed by atoms with Crippen LogP contribution in [0.1, 0.15) is 33.1 Å². The molecule has 3 nitrogen and oxygen atoms in total. The first-order valence-corrected chi connectivity index (χ1v) is 5.03. The van der Waals surface area contributed by atoms with E-state index in [1.165, 1.54) is 0 Å². The van der Waals surface area contributed by atoms with E-state index in [1.807, 2.05) is 6.92 Å². The van der Waals surface area contributed by atoms with Gasteiger partial charge < -0.3 is 9.84 Å². The minimum atomic E-state index is -0.718. The van der Waals surface area contributed by atoms with Gasteiger partial charge in [0.25, 0.3) is 0 Å². The third-order valence-electron chi connectivity index (χ3n) is 2.17. The van der Waals surface area contributed by atoms with E-state index in [4.69, 9.17) is 9.84 Å². The highest BCUT2D eigenvalue weighted by molar-refractivity contribution is 5.69. The second-order valence-corrected chi connectivity index (χ2v) is 3.60. The Hall–Kier alpha value is -0.830. The average molecular weight is 200 g/mol. The highest BCUT2D eigenvalue weighted by atomic mass is 16.5. The van der Waals surface area contributed by atoms with E-state index in [0.717, 1.165) is 19.3 Å². The third-order valence-corrected chi connectivity index (χ3v) is 2.17. The Morgan fingerprint density at radius 2 is 2.14 bits per heavy atom. The summed E-state index contributed by atoms with van der Waals surface area (Å²) in [7, 11) is 0. The molecule has 0 saturated heterocycles. The maximum Gasteiger partial charge on any atom is 0.306 e. The lowest BCUT2D eigenvalue weighted by atomic mass is 10.0. The van der Waals surface area contributed by atoms with Gasteiger partial charge in [0.1, 0.15) is 0 Å². The second kappa shape index (κ2) is 7.56. The first kappa shape index (κ1) is 13.2. The van der Waals surface area contributed by atoms with Crippen LogP contribution in [-0.2, 0) is 9.53 Å². The normalized spacial score (nSPS) is 14.7. The molecule has 0 aromatic heterocycles. The van der Waals surface area contributed by atoms with Crippen LogP contribution >= 0.6 is 0 Å². The van der Waals surface area contributed by atoms with E-state index >= 15 is 0 Å². The van der Waals surface area contributed by atoms with Crippen LogP contribution in [0.5, 0.6) is 0 Å². The van der Waals surface area contributed by atoms with Crippen molar-refractivity contribution in [1.82, 2.24) is 0 Å². The van der Waals surface area contributed by atoms with Gasteiger partial charge in [0, 0.05) is 0 Å². The van der Waals surface area contributed by atoms with Crippen LogP contribution in [0.25, 0.3) is 0 Å². The number of carboxylic acid groups (broad SMARTS) is 1. The molecule has 0 bridgehead atoms. The van der Waals surface area contributed by atoms with E-state index < -0.39 is 5.97 Å². The molecule has 0 fully saturated rings. The zero-order chi connectivity index (χ0) is 11.0. The molecule has 0 rings (SSSR count). The molecule has 3 heteroatoms. The van der Waals surface area contributed by atoms with E-state index in [-0.39, 0.29) is 12.0 Å². The zero-order valence-electron chi connectivity index (χ0n) is 9.03. The molecule has 0 aliphatic carbocycles. The SMILES string of the molecule is C=CCOC(C)CCCC(C)C(=O)O. The molecule has 0 radical (unpaired) electrons. The monoisotopic (exact) mass is 200 g/mol. The fraction of sp³-hybridized carbons (Fsp3) is 0.727. The van der Waals surface area contributed by atoms with Gasteiger partial charge in [0.15, 0.2) is 0 Å². The first-order valence-electron chi connectivity index (χ1n) is 5.03. The molecule has 0 amide bonds. The summed E-state index contributed by atoms with van der Waals surface area (Å²) in [6.45, 7) is 7.86. The van der Waals surface area contributed by atoms with Crippen molar-refractivity contribution in [3.05, 3.63) is 12.7 Å². The van der Waals surface area contributed by atoms with Gasteiger partial charge in [-0.3, -0.25) is 4.79 Å². The van der Waals surface area contributed by atoms with Gasteiger partial charge in [0.05, 0.1) is 18.6 Å². The Kier molecular flexibility index (Phi) is 7.11. The van der Waals surface area contributed by atoms with Gasteiger partial charge in [0.2, 0.25) is 0 Å². The van der Waals surface area contributed by atoms with Crippen molar-refractivity contribution in [3.8, 4) is 0 Å². The Morgan fingerprint density at radius 3 is 2.64 bits per heavy atom. The lowest BCUT2D eigenvalue weighted by Gasteiger charge is -2.12. The van der Waals surface area contributed by atoms with E-state index in [2.05, 4.69) is 6.58 Å². The van der Waals surface area contributed by atoms with Gasteiger partial charge in [-0.1, -0.05) is 19.4 Å². The summed E-state index contributed by atoms with van der Waals surface area (Å²) in [6.07, 6.45) is 4.43. The molecule has 2 unspecified atom stereocenters. The van der Waals surface area contributed by atoms with Gasteiger partial charge in [-0.15, -0.1) is 6.58 Å². The van der Waals surface area contributed by atoms with Crippen LogP contribution in [0.4, 0.5) is 0 Å². The Bertz CT molecular complexity index is 177. The largest absolute Gasteiger partial charge is 0.481 e. The molecular formula is C11H20O3. The Balaban J connectivity index is 3.43. The molecule has 0 aromatic carbocycles. The van der Waals surface area contributed by atoms with E-state index in [0.29, 0.717) is 6.61 Å². The fourth-order valence-electron chi connectivity index (χ4n) is 1.15. The van der Waals surface area contributed by atoms with Crippen molar-refractivity contribution in [2.75, 3.05) is 6.61 Å².